The summed E-state index contributed by atoms with van der Waals surface area (Å²) in [7, 11) is 3.21. The number of nitrogens with zero attached hydrogens (tertiary/aromatic N) is 3. The number of para-hydroxylation sites is 2. The number of ether oxygens (including phenoxy) is 5. The Morgan fingerprint density at radius 3 is 2.40 bits per heavy atom. The number of hydrogen-bond acceptors (Lipinski definition) is 7. The molecule has 3 aromatic carbocycles. The van der Waals surface area contributed by atoms with Crippen LogP contribution in [0.3, 0.4) is 0 Å². The van der Waals surface area contributed by atoms with Gasteiger partial charge in [-0.25, -0.2) is 9.78 Å². The van der Waals surface area contributed by atoms with E-state index in [1.54, 1.807) is 25.3 Å². The van der Waals surface area contributed by atoms with Gasteiger partial charge in [-0.2, -0.15) is 0 Å². The van der Waals surface area contributed by atoms with Crippen LogP contribution >= 0.6 is 0 Å². The predicted molar refractivity (Wildman–Crippen MR) is 149 cm³/mol. The van der Waals surface area contributed by atoms with Gasteiger partial charge in [-0.15, -0.1) is 0 Å². The summed E-state index contributed by atoms with van der Waals surface area (Å²) < 4.78 is 30.4. The highest BCUT2D eigenvalue weighted by Crippen LogP contribution is 2.29. The van der Waals surface area contributed by atoms with E-state index < -0.39 is 0 Å². The molecule has 0 saturated carbocycles. The number of hydrogen-bond donors (Lipinski definition) is 0. The van der Waals surface area contributed by atoms with Crippen molar-refractivity contribution in [1.82, 2.24) is 14.5 Å². The van der Waals surface area contributed by atoms with E-state index in [1.165, 1.54) is 5.56 Å². The number of carbonyl (C=O) groups is 1. The van der Waals surface area contributed by atoms with Crippen LogP contribution in [-0.4, -0.2) is 60.6 Å². The van der Waals surface area contributed by atoms with Gasteiger partial charge in [0.1, 0.15) is 31.7 Å². The van der Waals surface area contributed by atoms with E-state index in [0.29, 0.717) is 49.1 Å². The highest BCUT2D eigenvalue weighted by Gasteiger charge is 2.33. The van der Waals surface area contributed by atoms with Crippen molar-refractivity contribution in [1.29, 1.82) is 0 Å². The second-order valence-corrected chi connectivity index (χ2v) is 9.37. The maximum Gasteiger partial charge on any atom is 0.410 e. The molecule has 9 nitrogen and oxygen atoms in total. The molecule has 2 heterocycles. The van der Waals surface area contributed by atoms with Crippen molar-refractivity contribution >= 4 is 6.09 Å². The number of benzene rings is 3. The van der Waals surface area contributed by atoms with Gasteiger partial charge in [-0.3, -0.25) is 4.90 Å². The molecule has 208 valence electrons. The van der Waals surface area contributed by atoms with Crippen molar-refractivity contribution in [3.63, 3.8) is 0 Å². The molecule has 0 aliphatic carbocycles. The highest BCUT2D eigenvalue weighted by molar-refractivity contribution is 5.70. The summed E-state index contributed by atoms with van der Waals surface area (Å²) in [6, 6.07) is 23.3. The number of methoxy groups -OCH3 is 2. The van der Waals surface area contributed by atoms with E-state index in [0.717, 1.165) is 11.4 Å². The third-order valence-corrected chi connectivity index (χ3v) is 6.80. The van der Waals surface area contributed by atoms with E-state index in [9.17, 15) is 4.79 Å². The topological polar surface area (TPSA) is 84.3 Å². The monoisotopic (exact) mass is 543 g/mol. The zero-order valence-electron chi connectivity index (χ0n) is 22.7. The SMILES string of the molecule is COc1ccc(CCN2C(=O)OCC2COc2ccccc2OCc2nccn2Cc2ccccc2)cc1OC. The Morgan fingerprint density at radius 2 is 1.62 bits per heavy atom. The zero-order valence-corrected chi connectivity index (χ0v) is 22.7. The fourth-order valence-corrected chi connectivity index (χ4v) is 4.61. The minimum Gasteiger partial charge on any atom is -0.493 e. The van der Waals surface area contributed by atoms with Gasteiger partial charge < -0.3 is 28.3 Å². The summed E-state index contributed by atoms with van der Waals surface area (Å²) in [5, 5.41) is 0. The van der Waals surface area contributed by atoms with Crippen molar-refractivity contribution in [2.75, 3.05) is 34.0 Å². The van der Waals surface area contributed by atoms with Crippen LogP contribution in [0.15, 0.2) is 85.2 Å². The number of aromatic nitrogens is 2. The lowest BCUT2D eigenvalue weighted by molar-refractivity contribution is 0.155. The first kappa shape index (κ1) is 26.9. The van der Waals surface area contributed by atoms with Crippen LogP contribution in [0.25, 0.3) is 0 Å². The van der Waals surface area contributed by atoms with Gasteiger partial charge in [0.2, 0.25) is 0 Å². The summed E-state index contributed by atoms with van der Waals surface area (Å²) in [6.45, 7) is 2.05. The lowest BCUT2D eigenvalue weighted by atomic mass is 10.1. The van der Waals surface area contributed by atoms with Gasteiger partial charge in [0.25, 0.3) is 0 Å². The highest BCUT2D eigenvalue weighted by atomic mass is 16.6. The number of rotatable bonds is 13. The molecule has 1 aliphatic heterocycles. The minimum absolute atomic E-state index is 0.217. The van der Waals surface area contributed by atoms with Gasteiger partial charge >= 0.3 is 6.09 Å². The van der Waals surface area contributed by atoms with E-state index in [1.807, 2.05) is 66.9 Å². The summed E-state index contributed by atoms with van der Waals surface area (Å²) in [5.41, 5.74) is 2.22. The van der Waals surface area contributed by atoms with E-state index in [4.69, 9.17) is 23.7 Å². The van der Waals surface area contributed by atoms with Crippen LogP contribution in [0.4, 0.5) is 4.79 Å². The van der Waals surface area contributed by atoms with Crippen molar-refractivity contribution in [2.24, 2.45) is 0 Å². The molecule has 1 atom stereocenters. The summed E-state index contributed by atoms with van der Waals surface area (Å²) in [6.07, 6.45) is 4.02. The van der Waals surface area contributed by atoms with E-state index in [-0.39, 0.29) is 25.3 Å². The Kier molecular flexibility index (Phi) is 8.70. The van der Waals surface area contributed by atoms with E-state index >= 15 is 0 Å². The van der Waals surface area contributed by atoms with Gasteiger partial charge in [0.15, 0.2) is 23.0 Å². The van der Waals surface area contributed by atoms with Gasteiger partial charge in [0, 0.05) is 25.5 Å². The van der Waals surface area contributed by atoms with Crippen molar-refractivity contribution in [3.8, 4) is 23.0 Å². The Bertz CT molecular complexity index is 1410. The molecule has 4 aromatic rings. The fourth-order valence-electron chi connectivity index (χ4n) is 4.61. The third-order valence-electron chi connectivity index (χ3n) is 6.80. The zero-order chi connectivity index (χ0) is 27.7. The Hall–Kier alpha value is -4.66. The molecular formula is C31H33N3O6. The van der Waals surface area contributed by atoms with Crippen LogP contribution in [-0.2, 0) is 24.3 Å². The third kappa shape index (κ3) is 6.48. The van der Waals surface area contributed by atoms with Crippen molar-refractivity contribution in [3.05, 3.63) is 102 Å². The standard InChI is InChI=1S/C31H33N3O6/c1-36-26-13-12-23(18-29(26)37-2)14-16-34-25(21-40-31(34)35)20-38-27-10-6-7-11-28(27)39-22-30-32-15-17-33(30)19-24-8-4-3-5-9-24/h3-13,15,17-18,25H,14,16,19-22H2,1-2H3. The van der Waals surface area contributed by atoms with Gasteiger partial charge in [0.05, 0.1) is 14.2 Å². The maximum absolute atomic E-state index is 12.5. The van der Waals surface area contributed by atoms with Crippen LogP contribution in [0, 0.1) is 0 Å². The number of carbonyl (C=O) groups excluding carboxylic acids is 1. The second-order valence-electron chi connectivity index (χ2n) is 9.37. The largest absolute Gasteiger partial charge is 0.493 e. The Labute approximate surface area is 233 Å². The van der Waals surface area contributed by atoms with Crippen LogP contribution in [0.2, 0.25) is 0 Å². The van der Waals surface area contributed by atoms with Gasteiger partial charge in [-0.1, -0.05) is 48.5 Å². The molecule has 0 spiro atoms. The van der Waals surface area contributed by atoms with Crippen LogP contribution in [0.5, 0.6) is 23.0 Å². The van der Waals surface area contributed by atoms with Crippen LogP contribution < -0.4 is 18.9 Å². The Balaban J connectivity index is 1.18. The molecule has 9 heteroatoms. The molecule has 1 amide bonds. The molecule has 1 saturated heterocycles. The molecule has 1 unspecified atom stereocenters. The lowest BCUT2D eigenvalue weighted by Gasteiger charge is -2.22. The Morgan fingerprint density at radius 1 is 0.875 bits per heavy atom. The van der Waals surface area contributed by atoms with Crippen molar-refractivity contribution in [2.45, 2.75) is 25.6 Å². The van der Waals surface area contributed by atoms with Crippen molar-refractivity contribution < 1.29 is 28.5 Å². The molecule has 1 aliphatic rings. The lowest BCUT2D eigenvalue weighted by Crippen LogP contribution is -2.39. The normalized spacial score (nSPS) is 14.6. The first-order chi connectivity index (χ1) is 19.6. The minimum atomic E-state index is -0.344. The fraction of sp³-hybridized carbons (Fsp3) is 0.290. The quantitative estimate of drug-likeness (QED) is 0.235. The first-order valence-corrected chi connectivity index (χ1v) is 13.2. The molecule has 0 bridgehead atoms. The average Bonchev–Trinajstić information content (AvgIpc) is 3.59. The average molecular weight is 544 g/mol. The van der Waals surface area contributed by atoms with Crippen LogP contribution in [0.1, 0.15) is 17.0 Å². The maximum atomic E-state index is 12.5. The first-order valence-electron chi connectivity index (χ1n) is 13.2. The molecule has 40 heavy (non-hydrogen) atoms. The van der Waals surface area contributed by atoms with Gasteiger partial charge in [-0.05, 0) is 41.8 Å². The number of cyclic esters (lactones) is 1. The summed E-state index contributed by atoms with van der Waals surface area (Å²) in [5.74, 6) is 3.35. The smallest absolute Gasteiger partial charge is 0.410 e. The van der Waals surface area contributed by atoms with E-state index in [2.05, 4.69) is 21.7 Å². The second kappa shape index (κ2) is 12.9. The predicted octanol–water partition coefficient (Wildman–Crippen LogP) is 4.97. The molecule has 1 aromatic heterocycles. The molecule has 5 rings (SSSR count). The number of imidazole rings is 1. The molecule has 1 fully saturated rings. The summed E-state index contributed by atoms with van der Waals surface area (Å²) in [4.78, 5) is 18.7. The molecule has 0 N–H and O–H groups in total. The summed E-state index contributed by atoms with van der Waals surface area (Å²) >= 11 is 0. The molecular weight excluding hydrogens is 510 g/mol. The molecule has 0 radical (unpaired) electrons. The number of amides is 1.